The summed E-state index contributed by atoms with van der Waals surface area (Å²) in [6.45, 7) is 8.37. The van der Waals surface area contributed by atoms with Gasteiger partial charge >= 0.3 is 6.01 Å². The Bertz CT molecular complexity index is 1940. The number of phenolic OH excluding ortho intramolecular Hbond substituents is 1. The molecular weight excluding hydrogens is 618 g/mol. The number of halogens is 2. The molecule has 12 heteroatoms. The van der Waals surface area contributed by atoms with Crippen LogP contribution in [0.1, 0.15) is 38.2 Å². The minimum atomic E-state index is -0.767. The summed E-state index contributed by atoms with van der Waals surface area (Å²) >= 11 is 0. The van der Waals surface area contributed by atoms with E-state index in [4.69, 9.17) is 25.6 Å². The van der Waals surface area contributed by atoms with E-state index in [9.17, 15) is 9.50 Å². The van der Waals surface area contributed by atoms with E-state index in [1.54, 1.807) is 0 Å². The zero-order valence-corrected chi connectivity index (χ0v) is 26.9. The van der Waals surface area contributed by atoms with E-state index >= 15 is 4.39 Å². The minimum absolute atomic E-state index is 0.0198. The predicted octanol–water partition coefficient (Wildman–Crippen LogP) is 4.64. The van der Waals surface area contributed by atoms with Gasteiger partial charge in [-0.15, -0.1) is 6.42 Å². The molecule has 1 saturated carbocycles. The van der Waals surface area contributed by atoms with Gasteiger partial charge in [0, 0.05) is 61.7 Å². The molecule has 2 aromatic carbocycles. The first-order valence-corrected chi connectivity index (χ1v) is 16.8. The number of phenols is 1. The van der Waals surface area contributed by atoms with Crippen molar-refractivity contribution >= 4 is 27.5 Å². The van der Waals surface area contributed by atoms with E-state index in [0.717, 1.165) is 58.5 Å². The number of fused-ring (bicyclic) bond motifs is 3. The molecule has 8 rings (SSSR count). The van der Waals surface area contributed by atoms with Crippen molar-refractivity contribution in [3.63, 3.8) is 0 Å². The number of anilines is 1. The molecule has 0 amide bonds. The second-order valence-corrected chi connectivity index (χ2v) is 13.5. The van der Waals surface area contributed by atoms with Gasteiger partial charge in [-0.2, -0.15) is 9.97 Å². The minimum Gasteiger partial charge on any atom is -0.508 e. The molecule has 2 N–H and O–H groups in total. The van der Waals surface area contributed by atoms with Gasteiger partial charge in [0.2, 0.25) is 5.88 Å². The number of piperazine rings is 1. The van der Waals surface area contributed by atoms with Crippen LogP contribution in [0.25, 0.3) is 32.9 Å². The maximum atomic E-state index is 17.0. The van der Waals surface area contributed by atoms with Gasteiger partial charge in [-0.1, -0.05) is 18.9 Å². The molecule has 4 aromatic rings. The van der Waals surface area contributed by atoms with Crippen molar-refractivity contribution in [2.24, 2.45) is 5.41 Å². The third kappa shape index (κ3) is 5.53. The number of hydrogen-bond donors (Lipinski definition) is 2. The lowest BCUT2D eigenvalue weighted by atomic mass is 9.95. The summed E-state index contributed by atoms with van der Waals surface area (Å²) in [6, 6.07) is 5.71. The van der Waals surface area contributed by atoms with E-state index in [1.807, 2.05) is 0 Å². The predicted molar refractivity (Wildman–Crippen MR) is 178 cm³/mol. The number of hydrogen-bond acceptors (Lipinski definition) is 10. The van der Waals surface area contributed by atoms with Crippen LogP contribution < -0.4 is 19.7 Å². The van der Waals surface area contributed by atoms with Crippen molar-refractivity contribution in [2.75, 3.05) is 64.1 Å². The molecule has 10 nitrogen and oxygen atoms in total. The van der Waals surface area contributed by atoms with Crippen molar-refractivity contribution in [1.29, 1.82) is 0 Å². The van der Waals surface area contributed by atoms with Gasteiger partial charge in [0.05, 0.1) is 24.8 Å². The van der Waals surface area contributed by atoms with Crippen LogP contribution in [0, 0.1) is 29.4 Å². The number of aromatic hydroxyl groups is 1. The number of nitrogens with zero attached hydrogens (tertiary/aromatic N) is 5. The van der Waals surface area contributed by atoms with Crippen LogP contribution in [0.15, 0.2) is 24.3 Å². The van der Waals surface area contributed by atoms with Gasteiger partial charge in [0.15, 0.2) is 5.82 Å². The lowest BCUT2D eigenvalue weighted by molar-refractivity contribution is 0.127. The van der Waals surface area contributed by atoms with Crippen LogP contribution in [0.3, 0.4) is 0 Å². The van der Waals surface area contributed by atoms with Crippen LogP contribution >= 0.6 is 0 Å². The Balaban J connectivity index is 1.26. The summed E-state index contributed by atoms with van der Waals surface area (Å²) in [6.07, 6.45) is 9.70. The van der Waals surface area contributed by atoms with Crippen LogP contribution in [0.2, 0.25) is 0 Å². The zero-order valence-electron chi connectivity index (χ0n) is 26.9. The van der Waals surface area contributed by atoms with Crippen molar-refractivity contribution in [2.45, 2.75) is 44.7 Å². The van der Waals surface area contributed by atoms with Gasteiger partial charge in [-0.05, 0) is 49.3 Å². The standard InChI is InChI=1S/C36H38F2N6O4/c1-3-22-17-44-23(16-39-22)18-47-34-29-32(30(38)31(40-34)26-15-24(45)14-21-6-7-27(37)25(4-2)28(21)26)41-35(42-33(29)44)48-20-36(8-9-36)19-43-10-5-12-46-13-11-43/h2,6-7,14-15,22-23,39,45H,3,5,8-13,16-20H2,1H3/t22-,23+/m1/s1. The molecule has 5 heterocycles. The Morgan fingerprint density at radius 1 is 1.15 bits per heavy atom. The highest BCUT2D eigenvalue weighted by Gasteiger charge is 2.45. The average molecular weight is 657 g/mol. The largest absolute Gasteiger partial charge is 0.508 e. The lowest BCUT2D eigenvalue weighted by Gasteiger charge is -2.39. The smallest absolute Gasteiger partial charge is 0.319 e. The molecule has 0 unspecified atom stereocenters. The number of benzene rings is 2. The third-order valence-electron chi connectivity index (χ3n) is 10.2. The first-order valence-electron chi connectivity index (χ1n) is 16.8. The van der Waals surface area contributed by atoms with E-state index in [0.29, 0.717) is 36.3 Å². The Hall–Kier alpha value is -4.31. The molecule has 3 fully saturated rings. The average Bonchev–Trinajstić information content (AvgIpc) is 3.92. The number of aromatic nitrogens is 3. The number of pyridine rings is 1. The van der Waals surface area contributed by atoms with Crippen LogP contribution in [0.4, 0.5) is 14.6 Å². The summed E-state index contributed by atoms with van der Waals surface area (Å²) < 4.78 is 50.3. The Morgan fingerprint density at radius 3 is 2.83 bits per heavy atom. The molecule has 2 aromatic heterocycles. The van der Waals surface area contributed by atoms with Crippen molar-refractivity contribution in [1.82, 2.24) is 25.2 Å². The summed E-state index contributed by atoms with van der Waals surface area (Å²) in [7, 11) is 0. The second kappa shape index (κ2) is 12.3. The van der Waals surface area contributed by atoms with E-state index < -0.39 is 11.6 Å². The highest BCUT2D eigenvalue weighted by Crippen LogP contribution is 2.47. The molecule has 0 radical (unpaired) electrons. The van der Waals surface area contributed by atoms with Gasteiger partial charge in [-0.3, -0.25) is 0 Å². The molecule has 1 aliphatic carbocycles. The first kappa shape index (κ1) is 31.0. The molecule has 250 valence electrons. The van der Waals surface area contributed by atoms with Gasteiger partial charge < -0.3 is 34.4 Å². The van der Waals surface area contributed by atoms with E-state index in [2.05, 4.69) is 37.9 Å². The Morgan fingerprint density at radius 2 is 2.02 bits per heavy atom. The fourth-order valence-corrected chi connectivity index (χ4v) is 7.30. The quantitative estimate of drug-likeness (QED) is 0.274. The monoisotopic (exact) mass is 656 g/mol. The molecule has 0 bridgehead atoms. The lowest BCUT2D eigenvalue weighted by Crippen LogP contribution is -2.58. The van der Waals surface area contributed by atoms with Crippen LogP contribution in [-0.4, -0.2) is 96.2 Å². The Kier molecular flexibility index (Phi) is 7.94. The summed E-state index contributed by atoms with van der Waals surface area (Å²) in [5.41, 5.74) is -0.127. The first-order chi connectivity index (χ1) is 23.4. The maximum absolute atomic E-state index is 17.0. The topological polar surface area (TPSA) is 105 Å². The number of nitrogens with one attached hydrogen (secondary N) is 1. The molecular formula is C36H38F2N6O4. The van der Waals surface area contributed by atoms with Gasteiger partial charge in [0.1, 0.15) is 40.6 Å². The molecule has 0 spiro atoms. The normalized spacial score (nSPS) is 22.0. The van der Waals surface area contributed by atoms with E-state index in [1.165, 1.54) is 24.3 Å². The number of ether oxygens (including phenoxy) is 3. The molecule has 2 saturated heterocycles. The zero-order chi connectivity index (χ0) is 33.0. The SMILES string of the molecule is C#Cc1c(F)ccc2cc(O)cc(-c3nc4c5c(nc(OCC6(CN7CCCOCC7)CC6)nc5c3F)N3C[C@@H](CC)NC[C@H]3CO4)c12. The fourth-order valence-electron chi connectivity index (χ4n) is 7.30. The molecule has 3 aliphatic heterocycles. The number of terminal acetylenes is 1. The maximum Gasteiger partial charge on any atom is 0.319 e. The fraction of sp³-hybridized carbons (Fsp3) is 0.472. The molecule has 4 aliphatic rings. The van der Waals surface area contributed by atoms with Crippen LogP contribution in [-0.2, 0) is 4.74 Å². The van der Waals surface area contributed by atoms with Gasteiger partial charge in [0.25, 0.3) is 0 Å². The third-order valence-corrected chi connectivity index (χ3v) is 10.2. The van der Waals surface area contributed by atoms with E-state index in [-0.39, 0.29) is 69.5 Å². The highest BCUT2D eigenvalue weighted by molar-refractivity contribution is 6.04. The van der Waals surface area contributed by atoms with Crippen molar-refractivity contribution in [3.05, 3.63) is 41.5 Å². The highest BCUT2D eigenvalue weighted by atomic mass is 19.1. The second-order valence-electron chi connectivity index (χ2n) is 13.5. The molecule has 2 atom stereocenters. The summed E-state index contributed by atoms with van der Waals surface area (Å²) in [4.78, 5) is 18.8. The summed E-state index contributed by atoms with van der Waals surface area (Å²) in [5.74, 6) is 1.51. The van der Waals surface area contributed by atoms with Gasteiger partial charge in [-0.25, -0.2) is 13.8 Å². The summed E-state index contributed by atoms with van der Waals surface area (Å²) in [5, 5.41) is 15.3. The Labute approximate surface area is 277 Å². The number of rotatable bonds is 7. The molecule has 48 heavy (non-hydrogen) atoms. The van der Waals surface area contributed by atoms with Crippen molar-refractivity contribution in [3.8, 4) is 41.2 Å². The van der Waals surface area contributed by atoms with Crippen molar-refractivity contribution < 1.29 is 28.1 Å². The van der Waals surface area contributed by atoms with Crippen LogP contribution in [0.5, 0.6) is 17.6 Å².